The third-order valence-corrected chi connectivity index (χ3v) is 3.42. The molecule has 2 aromatic heterocycles. The van der Waals surface area contributed by atoms with E-state index in [2.05, 4.69) is 15.0 Å². The molecular formula is C9H10N4O4S. The van der Waals surface area contributed by atoms with Crippen LogP contribution in [0.25, 0.3) is 0 Å². The van der Waals surface area contributed by atoms with Crippen LogP contribution in [0.5, 0.6) is 0 Å². The molecule has 0 saturated carbocycles. The average molecular weight is 270 g/mol. The molecule has 18 heavy (non-hydrogen) atoms. The van der Waals surface area contributed by atoms with Crippen molar-refractivity contribution in [2.24, 2.45) is 0 Å². The van der Waals surface area contributed by atoms with Gasteiger partial charge in [-0.15, -0.1) is 5.10 Å². The Morgan fingerprint density at radius 3 is 2.89 bits per heavy atom. The van der Waals surface area contributed by atoms with E-state index in [1.54, 1.807) is 6.20 Å². The molecule has 2 aromatic rings. The fourth-order valence-corrected chi connectivity index (χ4v) is 2.22. The zero-order chi connectivity index (χ0) is 13.0. The van der Waals surface area contributed by atoms with Crippen molar-refractivity contribution in [2.75, 3.05) is 6.54 Å². The topological polar surface area (TPSA) is 107 Å². The van der Waals surface area contributed by atoms with Crippen LogP contribution in [0.4, 0.5) is 0 Å². The zero-order valence-corrected chi connectivity index (χ0v) is 10.0. The molecule has 0 saturated heterocycles. The molecule has 8 nitrogen and oxygen atoms in total. The average Bonchev–Trinajstić information content (AvgIpc) is 2.99. The van der Waals surface area contributed by atoms with Crippen molar-refractivity contribution in [3.05, 3.63) is 30.3 Å². The van der Waals surface area contributed by atoms with Crippen molar-refractivity contribution in [3.8, 4) is 0 Å². The van der Waals surface area contributed by atoms with Crippen LogP contribution in [0, 0.1) is 0 Å². The second-order valence-electron chi connectivity index (χ2n) is 3.34. The van der Waals surface area contributed by atoms with Gasteiger partial charge in [0, 0.05) is 12.7 Å². The molecule has 0 bridgehead atoms. The van der Waals surface area contributed by atoms with Gasteiger partial charge in [0.25, 0.3) is 10.0 Å². The summed E-state index contributed by atoms with van der Waals surface area (Å²) in [7, 11) is -3.74. The minimum absolute atomic E-state index is 0.0355. The molecule has 1 N–H and O–H groups in total. The monoisotopic (exact) mass is 270 g/mol. The van der Waals surface area contributed by atoms with E-state index in [1.807, 2.05) is 0 Å². The Bertz CT molecular complexity index is 617. The van der Waals surface area contributed by atoms with Gasteiger partial charge in [-0.1, -0.05) is 5.21 Å². The fraction of sp³-hybridized carbons (Fsp3) is 0.222. The van der Waals surface area contributed by atoms with Crippen LogP contribution in [0.1, 0.15) is 10.6 Å². The highest BCUT2D eigenvalue weighted by Gasteiger charge is 2.17. The summed E-state index contributed by atoms with van der Waals surface area (Å²) in [5.74, 6) is -0.0355. The number of sulfonamides is 1. The molecule has 0 aliphatic heterocycles. The Morgan fingerprint density at radius 1 is 1.44 bits per heavy atom. The summed E-state index contributed by atoms with van der Waals surface area (Å²) < 4.78 is 32.1. The number of carbonyl (C=O) groups is 1. The first-order chi connectivity index (χ1) is 8.62. The molecule has 0 aliphatic rings. The number of carbonyl (C=O) groups excluding carboxylic acids is 1. The number of hydrogen-bond acceptors (Lipinski definition) is 6. The minimum atomic E-state index is -3.74. The van der Waals surface area contributed by atoms with E-state index in [-0.39, 0.29) is 17.4 Å². The Kier molecular flexibility index (Phi) is 3.53. The van der Waals surface area contributed by atoms with Crippen molar-refractivity contribution < 1.29 is 17.6 Å². The molecule has 0 aromatic carbocycles. The van der Waals surface area contributed by atoms with E-state index in [0.29, 0.717) is 12.8 Å². The first-order valence-corrected chi connectivity index (χ1v) is 6.49. The van der Waals surface area contributed by atoms with Gasteiger partial charge in [0.15, 0.2) is 12.0 Å². The molecule has 0 atom stereocenters. The van der Waals surface area contributed by atoms with Crippen molar-refractivity contribution in [2.45, 2.75) is 11.6 Å². The summed E-state index contributed by atoms with van der Waals surface area (Å²) in [6.45, 7) is 0.489. The van der Waals surface area contributed by atoms with Gasteiger partial charge in [-0.05, 0) is 12.1 Å². The number of aldehydes is 1. The van der Waals surface area contributed by atoms with Crippen molar-refractivity contribution in [1.29, 1.82) is 0 Å². The number of furan rings is 1. The van der Waals surface area contributed by atoms with Crippen LogP contribution >= 0.6 is 0 Å². The number of aromatic nitrogens is 3. The highest BCUT2D eigenvalue weighted by molar-refractivity contribution is 7.89. The van der Waals surface area contributed by atoms with Crippen LogP contribution in [-0.2, 0) is 16.6 Å². The van der Waals surface area contributed by atoms with E-state index in [0.717, 1.165) is 0 Å². The zero-order valence-electron chi connectivity index (χ0n) is 9.18. The SMILES string of the molecule is O=Cc1ccc(S(=O)(=O)NCCn2ccnn2)o1. The lowest BCUT2D eigenvalue weighted by atomic mass is 10.5. The second kappa shape index (κ2) is 5.10. The standard InChI is InChI=1S/C9H10N4O4S/c14-7-8-1-2-9(17-8)18(15,16)11-4-6-13-5-3-10-12-13/h1-3,5,7,11H,4,6H2. The third kappa shape index (κ3) is 2.81. The molecule has 2 rings (SSSR count). The number of nitrogens with zero attached hydrogens (tertiary/aromatic N) is 3. The van der Waals surface area contributed by atoms with Gasteiger partial charge in [-0.2, -0.15) is 0 Å². The van der Waals surface area contributed by atoms with Gasteiger partial charge < -0.3 is 4.42 Å². The molecule has 2 heterocycles. The van der Waals surface area contributed by atoms with Gasteiger partial charge >= 0.3 is 0 Å². The highest BCUT2D eigenvalue weighted by atomic mass is 32.2. The molecule has 0 unspecified atom stereocenters. The maximum atomic E-state index is 11.7. The van der Waals surface area contributed by atoms with Gasteiger partial charge in [0.05, 0.1) is 12.7 Å². The van der Waals surface area contributed by atoms with E-state index in [9.17, 15) is 13.2 Å². The summed E-state index contributed by atoms with van der Waals surface area (Å²) in [6.07, 6.45) is 3.55. The molecule has 0 aliphatic carbocycles. The molecule has 0 spiro atoms. The van der Waals surface area contributed by atoms with Crippen LogP contribution in [-0.4, -0.2) is 36.2 Å². The molecule has 0 radical (unpaired) electrons. The fourth-order valence-electron chi connectivity index (χ4n) is 1.26. The smallest absolute Gasteiger partial charge is 0.274 e. The lowest BCUT2D eigenvalue weighted by Crippen LogP contribution is -2.27. The highest BCUT2D eigenvalue weighted by Crippen LogP contribution is 2.11. The van der Waals surface area contributed by atoms with Crippen LogP contribution in [0.3, 0.4) is 0 Å². The van der Waals surface area contributed by atoms with Crippen molar-refractivity contribution in [3.63, 3.8) is 0 Å². The summed E-state index contributed by atoms with van der Waals surface area (Å²) >= 11 is 0. The van der Waals surface area contributed by atoms with Crippen molar-refractivity contribution in [1.82, 2.24) is 19.7 Å². The quantitative estimate of drug-likeness (QED) is 0.720. The van der Waals surface area contributed by atoms with Gasteiger partial charge in [-0.25, -0.2) is 13.1 Å². The Labute approximate surface area is 103 Å². The Morgan fingerprint density at radius 2 is 2.28 bits per heavy atom. The van der Waals surface area contributed by atoms with Gasteiger partial charge in [0.1, 0.15) is 0 Å². The first kappa shape index (κ1) is 12.5. The second-order valence-corrected chi connectivity index (χ2v) is 5.04. The molecule has 96 valence electrons. The lowest BCUT2D eigenvalue weighted by Gasteiger charge is -2.03. The minimum Gasteiger partial charge on any atom is -0.440 e. The van der Waals surface area contributed by atoms with Gasteiger partial charge in [-0.3, -0.25) is 9.48 Å². The maximum Gasteiger partial charge on any atom is 0.274 e. The van der Waals surface area contributed by atoms with E-state index < -0.39 is 10.0 Å². The van der Waals surface area contributed by atoms with E-state index in [4.69, 9.17) is 4.42 Å². The van der Waals surface area contributed by atoms with Crippen molar-refractivity contribution >= 4 is 16.3 Å². The lowest BCUT2D eigenvalue weighted by molar-refractivity contribution is 0.109. The summed E-state index contributed by atoms with van der Waals surface area (Å²) in [5.41, 5.74) is 0. The normalized spacial score (nSPS) is 11.6. The number of hydrogen-bond donors (Lipinski definition) is 1. The molecular weight excluding hydrogens is 260 g/mol. The maximum absolute atomic E-state index is 11.7. The third-order valence-electron chi connectivity index (χ3n) is 2.09. The predicted octanol–water partition coefficient (Wildman–Crippen LogP) is -0.338. The Balaban J connectivity index is 1.97. The first-order valence-electron chi connectivity index (χ1n) is 5.00. The van der Waals surface area contributed by atoms with E-state index >= 15 is 0 Å². The number of rotatable bonds is 6. The van der Waals surface area contributed by atoms with Crippen LogP contribution in [0.15, 0.2) is 34.0 Å². The van der Waals surface area contributed by atoms with Crippen LogP contribution in [0.2, 0.25) is 0 Å². The van der Waals surface area contributed by atoms with Crippen LogP contribution < -0.4 is 4.72 Å². The van der Waals surface area contributed by atoms with E-state index in [1.165, 1.54) is 23.0 Å². The Hall–Kier alpha value is -2.00. The molecule has 9 heteroatoms. The summed E-state index contributed by atoms with van der Waals surface area (Å²) in [5, 5.41) is 6.99. The molecule has 0 amide bonds. The molecule has 0 fully saturated rings. The number of nitrogens with one attached hydrogen (secondary N) is 1. The summed E-state index contributed by atoms with van der Waals surface area (Å²) in [4.78, 5) is 10.4. The largest absolute Gasteiger partial charge is 0.440 e. The van der Waals surface area contributed by atoms with Gasteiger partial charge in [0.2, 0.25) is 5.09 Å². The summed E-state index contributed by atoms with van der Waals surface area (Å²) in [6, 6.07) is 2.51. The predicted molar refractivity (Wildman–Crippen MR) is 59.3 cm³/mol.